The smallest absolute Gasteiger partial charge is 0.0334 e. The molecule has 1 heteroatoms. The van der Waals surface area contributed by atoms with Gasteiger partial charge in [0.2, 0.25) is 0 Å². The van der Waals surface area contributed by atoms with E-state index in [1.54, 1.807) is 0 Å². The molecule has 0 unspecified atom stereocenters. The molecule has 0 saturated heterocycles. The zero-order valence-electron chi connectivity index (χ0n) is 14.1. The van der Waals surface area contributed by atoms with Crippen molar-refractivity contribution in [3.05, 3.63) is 59.7 Å². The highest BCUT2D eigenvalue weighted by Gasteiger charge is 2.27. The molecule has 0 aromatic heterocycles. The summed E-state index contributed by atoms with van der Waals surface area (Å²) in [7, 11) is 0. The van der Waals surface area contributed by atoms with Gasteiger partial charge in [-0.05, 0) is 51.9 Å². The molecule has 0 aliphatic rings. The van der Waals surface area contributed by atoms with E-state index in [2.05, 4.69) is 83.1 Å². The van der Waals surface area contributed by atoms with Crippen LogP contribution in [0, 0.1) is 0 Å². The van der Waals surface area contributed by atoms with E-state index in [1.165, 1.54) is 32.7 Å². The van der Waals surface area contributed by atoms with Crippen LogP contribution in [0.2, 0.25) is 0 Å². The predicted molar refractivity (Wildman–Crippen MR) is 102 cm³/mol. The third kappa shape index (κ3) is 2.42. The van der Waals surface area contributed by atoms with Crippen molar-refractivity contribution in [2.24, 2.45) is 0 Å². The first-order valence-corrected chi connectivity index (χ1v) is 8.33. The Balaban J connectivity index is 2.67. The Kier molecular flexibility index (Phi) is 3.52. The van der Waals surface area contributed by atoms with Crippen LogP contribution in [-0.2, 0) is 10.2 Å². The third-order valence-corrected chi connectivity index (χ3v) is 4.52. The van der Waals surface area contributed by atoms with Gasteiger partial charge >= 0.3 is 0 Å². The van der Waals surface area contributed by atoms with Crippen molar-refractivity contribution in [3.8, 4) is 0 Å². The lowest BCUT2D eigenvalue weighted by Gasteiger charge is -2.29. The van der Waals surface area contributed by atoms with Gasteiger partial charge < -0.3 is 0 Å². The summed E-state index contributed by atoms with van der Waals surface area (Å²) < 4.78 is -0.185. The zero-order valence-corrected chi connectivity index (χ0v) is 15.0. The lowest BCUT2D eigenvalue weighted by atomic mass is 9.77. The summed E-state index contributed by atoms with van der Waals surface area (Å²) >= 11 is 4.90. The average Bonchev–Trinajstić information content (AvgIpc) is 2.41. The molecule has 0 aliphatic carbocycles. The minimum atomic E-state index is -0.185. The van der Waals surface area contributed by atoms with E-state index < -0.39 is 0 Å². The molecule has 0 N–H and O–H groups in total. The Morgan fingerprint density at radius 3 is 1.18 bits per heavy atom. The van der Waals surface area contributed by atoms with Crippen molar-refractivity contribution in [1.82, 2.24) is 0 Å². The maximum atomic E-state index is 4.90. The molecule has 0 fully saturated rings. The SMILES string of the molecule is CC(C)(C)c1c2ccccc2c(C(C)(C)S)c2ccccc12. The van der Waals surface area contributed by atoms with Gasteiger partial charge in [-0.1, -0.05) is 69.3 Å². The molecule has 3 aromatic rings. The first-order valence-electron chi connectivity index (χ1n) is 7.88. The predicted octanol–water partition coefficient (Wildman–Crippen LogP) is 6.46. The van der Waals surface area contributed by atoms with Gasteiger partial charge in [0, 0.05) is 4.75 Å². The Morgan fingerprint density at radius 1 is 0.591 bits per heavy atom. The summed E-state index contributed by atoms with van der Waals surface area (Å²) in [5.41, 5.74) is 2.86. The summed E-state index contributed by atoms with van der Waals surface area (Å²) in [6.07, 6.45) is 0. The topological polar surface area (TPSA) is 0 Å². The minimum Gasteiger partial charge on any atom is -0.168 e. The molecule has 0 saturated carbocycles. The number of fused-ring (bicyclic) bond motifs is 2. The summed E-state index contributed by atoms with van der Waals surface area (Å²) in [4.78, 5) is 0. The van der Waals surface area contributed by atoms with Gasteiger partial charge in [-0.3, -0.25) is 0 Å². The normalized spacial score (nSPS) is 13.0. The van der Waals surface area contributed by atoms with Gasteiger partial charge in [0.1, 0.15) is 0 Å². The Morgan fingerprint density at radius 2 is 0.909 bits per heavy atom. The maximum absolute atomic E-state index is 4.90. The highest BCUT2D eigenvalue weighted by Crippen LogP contribution is 2.44. The van der Waals surface area contributed by atoms with Crippen LogP contribution >= 0.6 is 12.6 Å². The number of hydrogen-bond donors (Lipinski definition) is 1. The second kappa shape index (κ2) is 5.03. The van der Waals surface area contributed by atoms with Crippen molar-refractivity contribution in [2.45, 2.75) is 44.8 Å². The fourth-order valence-electron chi connectivity index (χ4n) is 3.60. The van der Waals surface area contributed by atoms with Crippen molar-refractivity contribution in [2.75, 3.05) is 0 Å². The van der Waals surface area contributed by atoms with Crippen molar-refractivity contribution in [1.29, 1.82) is 0 Å². The lowest BCUT2D eigenvalue weighted by molar-refractivity contribution is 0.601. The van der Waals surface area contributed by atoms with Crippen LogP contribution in [0.3, 0.4) is 0 Å². The van der Waals surface area contributed by atoms with Gasteiger partial charge in [-0.2, -0.15) is 12.6 Å². The van der Waals surface area contributed by atoms with E-state index in [9.17, 15) is 0 Å². The monoisotopic (exact) mass is 308 g/mol. The maximum Gasteiger partial charge on any atom is 0.0334 e. The number of rotatable bonds is 1. The molecule has 114 valence electrons. The molecule has 0 heterocycles. The number of benzene rings is 3. The Hall–Kier alpha value is -1.47. The van der Waals surface area contributed by atoms with Gasteiger partial charge in [0.25, 0.3) is 0 Å². The highest BCUT2D eigenvalue weighted by molar-refractivity contribution is 7.81. The molecule has 0 radical (unpaired) electrons. The summed E-state index contributed by atoms with van der Waals surface area (Å²) in [5.74, 6) is 0. The largest absolute Gasteiger partial charge is 0.168 e. The fourth-order valence-corrected chi connectivity index (χ4v) is 3.84. The molecule has 0 bridgehead atoms. The molecule has 0 amide bonds. The van der Waals surface area contributed by atoms with Crippen LogP contribution in [0.4, 0.5) is 0 Å². The van der Waals surface area contributed by atoms with Crippen molar-refractivity contribution in [3.63, 3.8) is 0 Å². The van der Waals surface area contributed by atoms with Gasteiger partial charge in [0.05, 0.1) is 0 Å². The second-order valence-electron chi connectivity index (χ2n) is 7.65. The number of thiol groups is 1. The summed E-state index contributed by atoms with van der Waals surface area (Å²) in [6, 6.07) is 17.5. The molecular weight excluding hydrogens is 284 g/mol. The molecule has 3 rings (SSSR count). The van der Waals surface area contributed by atoms with Crippen LogP contribution in [-0.4, -0.2) is 0 Å². The van der Waals surface area contributed by atoms with E-state index in [4.69, 9.17) is 12.6 Å². The second-order valence-corrected chi connectivity index (χ2v) is 8.77. The van der Waals surface area contributed by atoms with E-state index in [0.29, 0.717) is 0 Å². The fraction of sp³-hybridized carbons (Fsp3) is 0.333. The van der Waals surface area contributed by atoms with Crippen LogP contribution in [0.25, 0.3) is 21.5 Å². The van der Waals surface area contributed by atoms with Crippen molar-refractivity contribution >= 4 is 34.2 Å². The van der Waals surface area contributed by atoms with E-state index in [0.717, 1.165) is 0 Å². The first-order chi connectivity index (χ1) is 10.2. The van der Waals surface area contributed by atoms with Crippen LogP contribution < -0.4 is 0 Å². The first kappa shape index (κ1) is 15.4. The molecule has 0 aliphatic heterocycles. The van der Waals surface area contributed by atoms with Gasteiger partial charge in [0.15, 0.2) is 0 Å². The molecule has 0 atom stereocenters. The standard InChI is InChI=1S/C21H24S/c1-20(2,3)18-14-10-6-8-12-16(14)19(21(4,5)22)17-13-9-7-11-15(17)18/h6-13,22H,1-5H3. The summed E-state index contributed by atoms with van der Waals surface area (Å²) in [5, 5.41) is 5.36. The highest BCUT2D eigenvalue weighted by atomic mass is 32.1. The van der Waals surface area contributed by atoms with Crippen LogP contribution in [0.5, 0.6) is 0 Å². The van der Waals surface area contributed by atoms with E-state index >= 15 is 0 Å². The minimum absolute atomic E-state index is 0.0957. The van der Waals surface area contributed by atoms with Gasteiger partial charge in [-0.25, -0.2) is 0 Å². The Labute approximate surface area is 139 Å². The average molecular weight is 308 g/mol. The lowest BCUT2D eigenvalue weighted by Crippen LogP contribution is -2.16. The van der Waals surface area contributed by atoms with Crippen LogP contribution in [0.1, 0.15) is 45.7 Å². The van der Waals surface area contributed by atoms with E-state index in [1.807, 2.05) is 0 Å². The number of hydrogen-bond acceptors (Lipinski definition) is 1. The quantitative estimate of drug-likeness (QED) is 0.387. The van der Waals surface area contributed by atoms with Crippen LogP contribution in [0.15, 0.2) is 48.5 Å². The molecular formula is C21H24S. The Bertz CT molecular complexity index is 716. The third-order valence-electron chi connectivity index (χ3n) is 4.29. The zero-order chi connectivity index (χ0) is 16.1. The van der Waals surface area contributed by atoms with Crippen molar-refractivity contribution < 1.29 is 0 Å². The molecule has 0 nitrogen and oxygen atoms in total. The summed E-state index contributed by atoms with van der Waals surface area (Å²) in [6.45, 7) is 11.3. The molecule has 3 aromatic carbocycles. The van der Waals surface area contributed by atoms with E-state index in [-0.39, 0.29) is 10.2 Å². The molecule has 22 heavy (non-hydrogen) atoms. The molecule has 0 spiro atoms. The van der Waals surface area contributed by atoms with Gasteiger partial charge in [-0.15, -0.1) is 0 Å².